The highest BCUT2D eigenvalue weighted by Crippen LogP contribution is 2.35. The summed E-state index contributed by atoms with van der Waals surface area (Å²) in [7, 11) is 1.50. The molecule has 1 rings (SSSR count). The van der Waals surface area contributed by atoms with Crippen LogP contribution in [0.3, 0.4) is 0 Å². The van der Waals surface area contributed by atoms with Crippen molar-refractivity contribution in [3.8, 4) is 0 Å². The van der Waals surface area contributed by atoms with E-state index in [2.05, 4.69) is 25.8 Å². The Morgan fingerprint density at radius 2 is 1.87 bits per heavy atom. The van der Waals surface area contributed by atoms with Crippen molar-refractivity contribution >= 4 is 24.7 Å². The maximum absolute atomic E-state index is 14.7. The van der Waals surface area contributed by atoms with Gasteiger partial charge in [0, 0.05) is 19.7 Å². The van der Waals surface area contributed by atoms with E-state index in [-0.39, 0.29) is 37.2 Å². The Hall–Kier alpha value is -2.49. The molecule has 1 saturated heterocycles. The van der Waals surface area contributed by atoms with Crippen molar-refractivity contribution in [3.05, 3.63) is 12.3 Å². The van der Waals surface area contributed by atoms with Gasteiger partial charge in [-0.05, 0) is 18.9 Å². The molecule has 0 radical (unpaired) electrons. The van der Waals surface area contributed by atoms with Gasteiger partial charge in [0.05, 0.1) is 12.0 Å². The predicted octanol–water partition coefficient (Wildman–Crippen LogP) is 2.35. The first-order chi connectivity index (χ1) is 13.9. The lowest BCUT2D eigenvalue weighted by atomic mass is 10.0. The number of carboxylic acid groups (broad SMARTS) is 1. The monoisotopic (exact) mass is 433 g/mol. The Balaban J connectivity index is 0. The van der Waals surface area contributed by atoms with Crippen molar-refractivity contribution in [2.24, 2.45) is 22.6 Å². The predicted molar refractivity (Wildman–Crippen MR) is 112 cm³/mol. The molecular formula is C20H36FN3O6. The number of amidine groups is 1. The number of alkyl halides is 1. The number of esters is 1. The van der Waals surface area contributed by atoms with E-state index in [1.807, 2.05) is 0 Å². The number of amides is 1. The second-order valence-electron chi connectivity index (χ2n) is 7.73. The highest BCUT2D eigenvalue weighted by molar-refractivity contribution is 5.91. The van der Waals surface area contributed by atoms with Crippen LogP contribution < -0.4 is 5.73 Å². The summed E-state index contributed by atoms with van der Waals surface area (Å²) in [5.41, 5.74) is 3.73. The number of ether oxygens (including phenoxy) is 2. The molecule has 1 aliphatic rings. The SMILES string of the molecule is CC(C)C.CN=C(N)/C=C\N(C=O)C1OC(COC(=O)C(C)C)CC1(C)F.O=CO. The van der Waals surface area contributed by atoms with Crippen molar-refractivity contribution in [2.75, 3.05) is 13.7 Å². The molecule has 3 unspecified atom stereocenters. The van der Waals surface area contributed by atoms with Gasteiger partial charge in [0.15, 0.2) is 11.9 Å². The van der Waals surface area contributed by atoms with Crippen molar-refractivity contribution < 1.29 is 33.4 Å². The molecule has 0 saturated carbocycles. The average Bonchev–Trinajstić information content (AvgIpc) is 2.94. The molecule has 9 nitrogen and oxygen atoms in total. The number of halogens is 1. The summed E-state index contributed by atoms with van der Waals surface area (Å²) < 4.78 is 25.3. The Bertz CT molecular complexity index is 576. The summed E-state index contributed by atoms with van der Waals surface area (Å²) in [4.78, 5) is 35.8. The molecule has 3 N–H and O–H groups in total. The second kappa shape index (κ2) is 15.4. The highest BCUT2D eigenvalue weighted by Gasteiger charge is 2.48. The van der Waals surface area contributed by atoms with Crippen molar-refractivity contribution in [2.45, 2.75) is 66.0 Å². The summed E-state index contributed by atoms with van der Waals surface area (Å²) in [6.45, 7) is 10.9. The van der Waals surface area contributed by atoms with E-state index < -0.39 is 18.0 Å². The van der Waals surface area contributed by atoms with Crippen LogP contribution in [0.15, 0.2) is 17.3 Å². The number of nitrogens with two attached hydrogens (primary N) is 1. The summed E-state index contributed by atoms with van der Waals surface area (Å²) in [5, 5.41) is 6.89. The number of carbonyl (C=O) groups is 3. The van der Waals surface area contributed by atoms with Gasteiger partial charge in [0.25, 0.3) is 6.47 Å². The van der Waals surface area contributed by atoms with Crippen LogP contribution in [-0.4, -0.2) is 66.3 Å². The minimum atomic E-state index is -1.78. The van der Waals surface area contributed by atoms with Crippen LogP contribution in [-0.2, 0) is 23.9 Å². The van der Waals surface area contributed by atoms with E-state index in [4.69, 9.17) is 25.1 Å². The third-order valence-electron chi connectivity index (χ3n) is 3.41. The largest absolute Gasteiger partial charge is 0.483 e. The summed E-state index contributed by atoms with van der Waals surface area (Å²) in [6, 6.07) is 0. The lowest BCUT2D eigenvalue weighted by molar-refractivity contribution is -0.154. The molecule has 0 bridgehead atoms. The van der Waals surface area contributed by atoms with Gasteiger partial charge >= 0.3 is 5.97 Å². The molecule has 0 spiro atoms. The molecular weight excluding hydrogens is 397 g/mol. The Morgan fingerprint density at radius 3 is 2.27 bits per heavy atom. The number of nitrogens with zero attached hydrogens (tertiary/aromatic N) is 2. The summed E-state index contributed by atoms with van der Waals surface area (Å²) in [6.07, 6.45) is 1.40. The number of aliphatic imine (C=N–C) groups is 1. The number of hydrogen-bond donors (Lipinski definition) is 2. The highest BCUT2D eigenvalue weighted by atomic mass is 19.1. The molecule has 30 heavy (non-hydrogen) atoms. The van der Waals surface area contributed by atoms with Gasteiger partial charge in [0.1, 0.15) is 12.4 Å². The zero-order valence-electron chi connectivity index (χ0n) is 18.9. The lowest BCUT2D eigenvalue weighted by Crippen LogP contribution is -2.42. The Morgan fingerprint density at radius 1 is 1.37 bits per heavy atom. The first-order valence-electron chi connectivity index (χ1n) is 9.58. The minimum Gasteiger partial charge on any atom is -0.483 e. The number of carbonyl (C=O) groups excluding carboxylic acids is 2. The van der Waals surface area contributed by atoms with E-state index in [1.54, 1.807) is 13.8 Å². The molecule has 174 valence electrons. The molecule has 3 atom stereocenters. The number of hydrogen-bond acceptors (Lipinski definition) is 6. The van der Waals surface area contributed by atoms with Gasteiger partial charge in [-0.2, -0.15) is 0 Å². The van der Waals surface area contributed by atoms with Crippen LogP contribution in [0.2, 0.25) is 0 Å². The average molecular weight is 434 g/mol. The zero-order chi connectivity index (χ0) is 23.9. The molecule has 1 amide bonds. The van der Waals surface area contributed by atoms with Crippen LogP contribution >= 0.6 is 0 Å². The van der Waals surface area contributed by atoms with Crippen LogP contribution in [0.5, 0.6) is 0 Å². The fraction of sp³-hybridized carbons (Fsp3) is 0.700. The van der Waals surface area contributed by atoms with Crippen molar-refractivity contribution in [3.63, 3.8) is 0 Å². The van der Waals surface area contributed by atoms with E-state index in [1.165, 1.54) is 26.2 Å². The van der Waals surface area contributed by atoms with Gasteiger partial charge in [-0.25, -0.2) is 4.39 Å². The van der Waals surface area contributed by atoms with E-state index in [0.717, 1.165) is 10.8 Å². The van der Waals surface area contributed by atoms with Gasteiger partial charge in [-0.15, -0.1) is 0 Å². The summed E-state index contributed by atoms with van der Waals surface area (Å²) in [5.74, 6) is 0.379. The standard InChI is InChI=1S/C15H24FN3O4.C4H10.CH2O2/c1-10(2)13(21)22-8-11-7-15(3,16)14(23-11)19(9-20)6-5-12(17)18-4;1-4(2)3;2-1-3/h5-6,9-11,14H,7-8H2,1-4H3,(H2,17,18);4H,1-3H3;1H,(H,2,3)/b6-5-;;. The fourth-order valence-corrected chi connectivity index (χ4v) is 2.14. The van der Waals surface area contributed by atoms with Gasteiger partial charge in [-0.3, -0.25) is 24.3 Å². The molecule has 0 aromatic carbocycles. The second-order valence-corrected chi connectivity index (χ2v) is 7.73. The Labute approximate surface area is 178 Å². The quantitative estimate of drug-likeness (QED) is 0.273. The third kappa shape index (κ3) is 12.9. The first kappa shape index (κ1) is 29.7. The van der Waals surface area contributed by atoms with E-state index >= 15 is 0 Å². The zero-order valence-corrected chi connectivity index (χ0v) is 18.9. The smallest absolute Gasteiger partial charge is 0.308 e. The maximum Gasteiger partial charge on any atom is 0.308 e. The van der Waals surface area contributed by atoms with Crippen molar-refractivity contribution in [1.29, 1.82) is 0 Å². The van der Waals surface area contributed by atoms with Crippen LogP contribution in [0, 0.1) is 11.8 Å². The molecule has 1 fully saturated rings. The maximum atomic E-state index is 14.7. The first-order valence-corrected chi connectivity index (χ1v) is 9.58. The molecule has 0 aromatic heterocycles. The van der Waals surface area contributed by atoms with Crippen molar-refractivity contribution in [1.82, 2.24) is 4.90 Å². The van der Waals surface area contributed by atoms with Gasteiger partial charge < -0.3 is 20.3 Å². The molecule has 1 heterocycles. The third-order valence-corrected chi connectivity index (χ3v) is 3.41. The Kier molecular flexibility index (Phi) is 15.2. The topological polar surface area (TPSA) is 132 Å². The number of rotatable bonds is 7. The summed E-state index contributed by atoms with van der Waals surface area (Å²) >= 11 is 0. The lowest BCUT2D eigenvalue weighted by Gasteiger charge is -2.28. The molecule has 0 aromatic rings. The molecule has 1 aliphatic heterocycles. The van der Waals surface area contributed by atoms with E-state index in [0.29, 0.717) is 6.41 Å². The molecule has 10 heteroatoms. The van der Waals surface area contributed by atoms with Crippen LogP contribution in [0.4, 0.5) is 4.39 Å². The van der Waals surface area contributed by atoms with Gasteiger partial charge in [-0.1, -0.05) is 34.6 Å². The van der Waals surface area contributed by atoms with E-state index in [9.17, 15) is 14.0 Å². The minimum absolute atomic E-state index is 0.0125. The molecule has 0 aliphatic carbocycles. The fourth-order valence-electron chi connectivity index (χ4n) is 2.14. The normalized spacial score (nSPS) is 23.3. The van der Waals surface area contributed by atoms with Crippen LogP contribution in [0.25, 0.3) is 0 Å². The van der Waals surface area contributed by atoms with Gasteiger partial charge in [0.2, 0.25) is 6.41 Å². The van der Waals surface area contributed by atoms with Crippen LogP contribution in [0.1, 0.15) is 48.0 Å².